The van der Waals surface area contributed by atoms with Gasteiger partial charge in [0.2, 0.25) is 0 Å². The molecule has 0 fully saturated rings. The van der Waals surface area contributed by atoms with Crippen molar-refractivity contribution in [2.45, 2.75) is 12.5 Å². The van der Waals surface area contributed by atoms with E-state index in [1.165, 1.54) is 0 Å². The van der Waals surface area contributed by atoms with Gasteiger partial charge in [-0.1, -0.05) is 6.08 Å². The molecule has 7 heavy (non-hydrogen) atoms. The Balaban J connectivity index is 2.35. The van der Waals surface area contributed by atoms with Gasteiger partial charge in [-0.15, -0.1) is 0 Å². The van der Waals surface area contributed by atoms with E-state index < -0.39 is 0 Å². The van der Waals surface area contributed by atoms with Crippen LogP contribution in [0.1, 0.15) is 6.42 Å². The van der Waals surface area contributed by atoms with E-state index in [2.05, 4.69) is 5.32 Å². The molecule has 2 nitrogen and oxygen atoms in total. The van der Waals surface area contributed by atoms with Gasteiger partial charge in [0.05, 0.1) is 6.04 Å². The van der Waals surface area contributed by atoms with E-state index in [9.17, 15) is 4.79 Å². The molecule has 0 saturated heterocycles. The fourth-order valence-corrected chi connectivity index (χ4v) is 0.569. The third-order valence-corrected chi connectivity index (χ3v) is 0.982. The number of carbonyl (C=O) groups is 1. The van der Waals surface area contributed by atoms with E-state index in [-0.39, 0.29) is 6.04 Å². The molecular weight excluding hydrogens is 90.1 g/mol. The third-order valence-electron chi connectivity index (χ3n) is 0.982. The van der Waals surface area contributed by atoms with E-state index >= 15 is 0 Å². The van der Waals surface area contributed by atoms with Gasteiger partial charge < -0.3 is 10.1 Å². The minimum Gasteiger partial charge on any atom is -0.381 e. The first-order valence-electron chi connectivity index (χ1n) is 2.30. The van der Waals surface area contributed by atoms with Crippen LogP contribution in [0.5, 0.6) is 0 Å². The zero-order chi connectivity index (χ0) is 5.11. The van der Waals surface area contributed by atoms with E-state index in [0.717, 1.165) is 12.7 Å². The van der Waals surface area contributed by atoms with Crippen molar-refractivity contribution in [3.63, 3.8) is 0 Å². The average Bonchev–Trinajstić information content (AvgIpc) is 2.14. The van der Waals surface area contributed by atoms with Crippen molar-refractivity contribution < 1.29 is 4.79 Å². The van der Waals surface area contributed by atoms with Crippen LogP contribution in [-0.4, -0.2) is 12.3 Å². The van der Waals surface area contributed by atoms with Gasteiger partial charge in [0, 0.05) is 0 Å². The smallest absolute Gasteiger partial charge is 0.142 e. The highest BCUT2D eigenvalue weighted by atomic mass is 16.1. The summed E-state index contributed by atoms with van der Waals surface area (Å²) in [6, 6.07) is 0.0556. The number of hydrogen-bond acceptors (Lipinski definition) is 2. The molecule has 1 atom stereocenters. The molecule has 2 heteroatoms. The van der Waals surface area contributed by atoms with Crippen LogP contribution in [-0.2, 0) is 4.79 Å². The van der Waals surface area contributed by atoms with Crippen LogP contribution in [0.2, 0.25) is 0 Å². The molecule has 1 N–H and O–H groups in total. The lowest BCUT2D eigenvalue weighted by Gasteiger charge is -1.96. The van der Waals surface area contributed by atoms with Crippen LogP contribution in [0.4, 0.5) is 0 Å². The molecule has 0 aromatic rings. The van der Waals surface area contributed by atoms with Gasteiger partial charge in [-0.05, 0) is 12.6 Å². The van der Waals surface area contributed by atoms with Crippen molar-refractivity contribution >= 4 is 6.29 Å². The van der Waals surface area contributed by atoms with Gasteiger partial charge in [0.25, 0.3) is 0 Å². The number of nitrogens with one attached hydrogen (secondary N) is 1. The van der Waals surface area contributed by atoms with Gasteiger partial charge >= 0.3 is 0 Å². The van der Waals surface area contributed by atoms with Gasteiger partial charge in [-0.25, -0.2) is 0 Å². The standard InChI is InChI=1S/C5H7NO/c7-4-5-2-1-3-6-5/h1,3-6H,2H2/t5-/m0/s1. The molecule has 1 heterocycles. The lowest BCUT2D eigenvalue weighted by Crippen LogP contribution is -2.19. The second kappa shape index (κ2) is 1.78. The second-order valence-electron chi connectivity index (χ2n) is 1.55. The third kappa shape index (κ3) is 0.796. The van der Waals surface area contributed by atoms with Gasteiger partial charge in [-0.3, -0.25) is 0 Å². The Kier molecular flexibility index (Phi) is 1.11. The first kappa shape index (κ1) is 4.37. The number of carbonyl (C=O) groups excluding carboxylic acids is 1. The highest BCUT2D eigenvalue weighted by Gasteiger charge is 2.04. The molecule has 1 rings (SSSR count). The van der Waals surface area contributed by atoms with Gasteiger partial charge in [0.1, 0.15) is 6.29 Å². The van der Waals surface area contributed by atoms with Crippen molar-refractivity contribution in [2.24, 2.45) is 0 Å². The monoisotopic (exact) mass is 97.1 g/mol. The maximum atomic E-state index is 9.90. The maximum absolute atomic E-state index is 9.90. The summed E-state index contributed by atoms with van der Waals surface area (Å²) in [5.74, 6) is 0. The number of hydrogen-bond donors (Lipinski definition) is 1. The predicted molar refractivity (Wildman–Crippen MR) is 26.7 cm³/mol. The summed E-state index contributed by atoms with van der Waals surface area (Å²) in [6.45, 7) is 0. The molecule has 0 aromatic heterocycles. The number of rotatable bonds is 1. The average molecular weight is 97.1 g/mol. The van der Waals surface area contributed by atoms with Gasteiger partial charge in [0.15, 0.2) is 0 Å². The molecule has 1 aliphatic heterocycles. The lowest BCUT2D eigenvalue weighted by atomic mass is 10.3. The Bertz CT molecular complexity index is 90.3. The Morgan fingerprint density at radius 1 is 1.86 bits per heavy atom. The highest BCUT2D eigenvalue weighted by Crippen LogP contribution is 1.95. The molecule has 1 aliphatic rings. The molecule has 0 saturated carbocycles. The Hall–Kier alpha value is -0.790. The summed E-state index contributed by atoms with van der Waals surface area (Å²) in [4.78, 5) is 9.90. The summed E-state index contributed by atoms with van der Waals surface area (Å²) in [6.07, 6.45) is 5.52. The van der Waals surface area contributed by atoms with Crippen molar-refractivity contribution in [1.29, 1.82) is 0 Å². The van der Waals surface area contributed by atoms with E-state index in [1.807, 2.05) is 6.08 Å². The molecule has 0 radical (unpaired) electrons. The maximum Gasteiger partial charge on any atom is 0.142 e. The number of aldehydes is 1. The molecule has 0 aliphatic carbocycles. The lowest BCUT2D eigenvalue weighted by molar-refractivity contribution is -0.109. The molecule has 0 unspecified atom stereocenters. The normalized spacial score (nSPS) is 27.1. The first-order chi connectivity index (χ1) is 3.43. The van der Waals surface area contributed by atoms with Crippen LogP contribution in [0.15, 0.2) is 12.3 Å². The Labute approximate surface area is 42.2 Å². The van der Waals surface area contributed by atoms with Crippen LogP contribution in [0.3, 0.4) is 0 Å². The predicted octanol–water partition coefficient (Wildman–Crippen LogP) is 0.0609. The Morgan fingerprint density at radius 2 is 2.71 bits per heavy atom. The van der Waals surface area contributed by atoms with Gasteiger partial charge in [-0.2, -0.15) is 0 Å². The fraction of sp³-hybridized carbons (Fsp3) is 0.400. The van der Waals surface area contributed by atoms with E-state index in [1.54, 1.807) is 6.20 Å². The molecule has 0 spiro atoms. The zero-order valence-corrected chi connectivity index (χ0v) is 3.92. The van der Waals surface area contributed by atoms with Crippen LogP contribution < -0.4 is 5.32 Å². The van der Waals surface area contributed by atoms with Crippen molar-refractivity contribution in [3.05, 3.63) is 12.3 Å². The molecule has 0 bridgehead atoms. The highest BCUT2D eigenvalue weighted by molar-refractivity contribution is 5.59. The molecule has 0 aromatic carbocycles. The largest absolute Gasteiger partial charge is 0.381 e. The summed E-state index contributed by atoms with van der Waals surface area (Å²) in [5, 5.41) is 2.86. The molecule has 38 valence electrons. The minimum absolute atomic E-state index is 0.0556. The van der Waals surface area contributed by atoms with Crippen molar-refractivity contribution in [2.75, 3.05) is 0 Å². The van der Waals surface area contributed by atoms with E-state index in [4.69, 9.17) is 0 Å². The first-order valence-corrected chi connectivity index (χ1v) is 2.30. The van der Waals surface area contributed by atoms with E-state index in [0.29, 0.717) is 0 Å². The molecule has 0 amide bonds. The van der Waals surface area contributed by atoms with Crippen molar-refractivity contribution in [3.8, 4) is 0 Å². The minimum atomic E-state index is 0.0556. The summed E-state index contributed by atoms with van der Waals surface area (Å²) >= 11 is 0. The molecular formula is C5H7NO. The zero-order valence-electron chi connectivity index (χ0n) is 3.92. The topological polar surface area (TPSA) is 29.1 Å². The Morgan fingerprint density at radius 3 is 3.00 bits per heavy atom. The SMILES string of the molecule is O=C[C@@H]1CC=CN1. The van der Waals surface area contributed by atoms with Crippen LogP contribution in [0.25, 0.3) is 0 Å². The fourth-order valence-electron chi connectivity index (χ4n) is 0.569. The summed E-state index contributed by atoms with van der Waals surface area (Å²) < 4.78 is 0. The van der Waals surface area contributed by atoms with Crippen LogP contribution >= 0.6 is 0 Å². The second-order valence-corrected chi connectivity index (χ2v) is 1.55. The van der Waals surface area contributed by atoms with Crippen LogP contribution in [0, 0.1) is 0 Å². The summed E-state index contributed by atoms with van der Waals surface area (Å²) in [7, 11) is 0. The summed E-state index contributed by atoms with van der Waals surface area (Å²) in [5.41, 5.74) is 0. The quantitative estimate of drug-likeness (QED) is 0.469. The van der Waals surface area contributed by atoms with Crippen molar-refractivity contribution in [1.82, 2.24) is 5.32 Å².